The van der Waals surface area contributed by atoms with Crippen LogP contribution in [0.2, 0.25) is 5.02 Å². The summed E-state index contributed by atoms with van der Waals surface area (Å²) in [5, 5.41) is 0.777. The monoisotopic (exact) mass is 456 g/mol. The molecule has 1 aliphatic rings. The summed E-state index contributed by atoms with van der Waals surface area (Å²) >= 11 is 6.13. The number of nitrogens with zero attached hydrogens (tertiary/aromatic N) is 2. The van der Waals surface area contributed by atoms with Gasteiger partial charge in [-0.05, 0) is 56.9 Å². The highest BCUT2D eigenvalue weighted by Gasteiger charge is 2.42. The molecule has 0 spiro atoms. The molecule has 7 nitrogen and oxygen atoms in total. The molecule has 0 bridgehead atoms. The van der Waals surface area contributed by atoms with Crippen LogP contribution in [0.15, 0.2) is 45.6 Å². The Morgan fingerprint density at radius 3 is 2.59 bits per heavy atom. The van der Waals surface area contributed by atoms with Crippen LogP contribution in [-0.2, 0) is 0 Å². The van der Waals surface area contributed by atoms with Gasteiger partial charge in [0, 0.05) is 18.1 Å². The standard InChI is InChI=1S/C24H25ClN2O5/c1-5-31-18-8-6-14(12-19(18)30-4)21-20-22(28)16-13-15(25)7-9-17(16)32-23(20)24(29)27(21)11-10-26(2)3/h6-9,12-13,21H,5,10-11H2,1-4H3. The lowest BCUT2D eigenvalue weighted by molar-refractivity contribution is 0.0716. The summed E-state index contributed by atoms with van der Waals surface area (Å²) < 4.78 is 17.1. The number of benzene rings is 2. The molecule has 0 fully saturated rings. The molecule has 3 aromatic rings. The van der Waals surface area contributed by atoms with Gasteiger partial charge in [0.15, 0.2) is 16.9 Å². The van der Waals surface area contributed by atoms with Gasteiger partial charge in [0.05, 0.1) is 30.7 Å². The second-order valence-electron chi connectivity index (χ2n) is 7.86. The van der Waals surface area contributed by atoms with E-state index < -0.39 is 6.04 Å². The van der Waals surface area contributed by atoms with E-state index in [4.69, 9.17) is 25.5 Å². The van der Waals surface area contributed by atoms with Crippen LogP contribution in [0.3, 0.4) is 0 Å². The summed E-state index contributed by atoms with van der Waals surface area (Å²) in [7, 11) is 5.42. The van der Waals surface area contributed by atoms with Gasteiger partial charge in [-0.25, -0.2) is 0 Å². The molecule has 32 heavy (non-hydrogen) atoms. The Hall–Kier alpha value is -3.03. The van der Waals surface area contributed by atoms with Gasteiger partial charge in [-0.15, -0.1) is 0 Å². The third kappa shape index (κ3) is 3.82. The van der Waals surface area contributed by atoms with Crippen LogP contribution in [0.5, 0.6) is 11.5 Å². The van der Waals surface area contributed by atoms with Crippen LogP contribution in [-0.4, -0.2) is 56.6 Å². The van der Waals surface area contributed by atoms with Crippen molar-refractivity contribution in [2.75, 3.05) is 40.9 Å². The summed E-state index contributed by atoms with van der Waals surface area (Å²) in [6.45, 7) is 3.44. The summed E-state index contributed by atoms with van der Waals surface area (Å²) in [4.78, 5) is 30.6. The molecule has 168 valence electrons. The van der Waals surface area contributed by atoms with E-state index in [0.29, 0.717) is 52.8 Å². The van der Waals surface area contributed by atoms with Crippen LogP contribution in [0.4, 0.5) is 0 Å². The average molecular weight is 457 g/mol. The Bertz CT molecular complexity index is 1240. The van der Waals surface area contributed by atoms with Crippen LogP contribution in [0, 0.1) is 0 Å². The number of amides is 1. The Morgan fingerprint density at radius 1 is 1.12 bits per heavy atom. The zero-order chi connectivity index (χ0) is 23.0. The highest BCUT2D eigenvalue weighted by molar-refractivity contribution is 6.31. The third-order valence-electron chi connectivity index (χ3n) is 5.52. The Kier molecular flexibility index (Phi) is 6.13. The predicted molar refractivity (Wildman–Crippen MR) is 123 cm³/mol. The molecule has 2 heterocycles. The molecule has 0 N–H and O–H groups in total. The first-order chi connectivity index (χ1) is 15.3. The largest absolute Gasteiger partial charge is 0.493 e. The van der Waals surface area contributed by atoms with Gasteiger partial charge in [0.25, 0.3) is 5.91 Å². The number of rotatable bonds is 7. The molecule has 0 radical (unpaired) electrons. The minimum atomic E-state index is -0.610. The molecular weight excluding hydrogens is 432 g/mol. The van der Waals surface area contributed by atoms with Crippen molar-refractivity contribution in [1.29, 1.82) is 0 Å². The third-order valence-corrected chi connectivity index (χ3v) is 5.75. The summed E-state index contributed by atoms with van der Waals surface area (Å²) in [5.41, 5.74) is 1.13. The molecule has 1 atom stereocenters. The SMILES string of the molecule is CCOc1ccc(C2c3c(oc4ccc(Cl)cc4c3=O)C(=O)N2CCN(C)C)cc1OC. The van der Waals surface area contributed by atoms with Crippen molar-refractivity contribution in [2.24, 2.45) is 0 Å². The first-order valence-corrected chi connectivity index (χ1v) is 10.8. The molecule has 2 aromatic carbocycles. The van der Waals surface area contributed by atoms with Crippen LogP contribution < -0.4 is 14.9 Å². The van der Waals surface area contributed by atoms with E-state index in [-0.39, 0.29) is 17.1 Å². The molecule has 0 saturated carbocycles. The lowest BCUT2D eigenvalue weighted by Crippen LogP contribution is -2.35. The van der Waals surface area contributed by atoms with Crippen molar-refractivity contribution in [3.8, 4) is 11.5 Å². The van der Waals surface area contributed by atoms with Crippen molar-refractivity contribution in [2.45, 2.75) is 13.0 Å². The van der Waals surface area contributed by atoms with Gasteiger partial charge in [0.2, 0.25) is 5.76 Å². The van der Waals surface area contributed by atoms with Crippen molar-refractivity contribution in [1.82, 2.24) is 9.80 Å². The Labute approximate surface area is 191 Å². The summed E-state index contributed by atoms with van der Waals surface area (Å²) in [6, 6.07) is 9.67. The van der Waals surface area contributed by atoms with E-state index in [0.717, 1.165) is 5.56 Å². The predicted octanol–water partition coefficient (Wildman–Crippen LogP) is 3.96. The topological polar surface area (TPSA) is 72.2 Å². The lowest BCUT2D eigenvalue weighted by atomic mass is 9.98. The van der Waals surface area contributed by atoms with Gasteiger partial charge in [-0.2, -0.15) is 0 Å². The molecule has 0 aliphatic carbocycles. The second-order valence-corrected chi connectivity index (χ2v) is 8.30. The van der Waals surface area contributed by atoms with Gasteiger partial charge < -0.3 is 23.7 Å². The highest BCUT2D eigenvalue weighted by Crippen LogP contribution is 2.41. The summed E-state index contributed by atoms with van der Waals surface area (Å²) in [5.74, 6) is 0.890. The molecule has 0 saturated heterocycles. The van der Waals surface area contributed by atoms with Gasteiger partial charge in [0.1, 0.15) is 5.58 Å². The average Bonchev–Trinajstić information content (AvgIpc) is 3.05. The molecule has 8 heteroatoms. The maximum absolute atomic E-state index is 13.5. The minimum absolute atomic E-state index is 0.0708. The minimum Gasteiger partial charge on any atom is -0.493 e. The van der Waals surface area contributed by atoms with Gasteiger partial charge in [-0.3, -0.25) is 9.59 Å². The van der Waals surface area contributed by atoms with Crippen molar-refractivity contribution in [3.63, 3.8) is 0 Å². The summed E-state index contributed by atoms with van der Waals surface area (Å²) in [6.07, 6.45) is 0. The fraction of sp³-hybridized carbons (Fsp3) is 0.333. The highest BCUT2D eigenvalue weighted by atomic mass is 35.5. The molecule has 1 aromatic heterocycles. The smallest absolute Gasteiger partial charge is 0.290 e. The van der Waals surface area contributed by atoms with Gasteiger partial charge in [-0.1, -0.05) is 17.7 Å². The van der Waals surface area contributed by atoms with Crippen LogP contribution in [0.1, 0.15) is 34.6 Å². The molecule has 1 aliphatic heterocycles. The molecular formula is C24H25ClN2O5. The fourth-order valence-electron chi connectivity index (χ4n) is 4.01. The van der Waals surface area contributed by atoms with E-state index in [1.54, 1.807) is 36.3 Å². The number of ether oxygens (including phenoxy) is 2. The number of likely N-dealkylation sites (N-methyl/N-ethyl adjacent to an activating group) is 1. The number of carbonyl (C=O) groups excluding carboxylic acids is 1. The van der Waals surface area contributed by atoms with E-state index in [1.165, 1.54) is 0 Å². The second kappa shape index (κ2) is 8.84. The van der Waals surface area contributed by atoms with Crippen LogP contribution in [0.25, 0.3) is 11.0 Å². The first kappa shape index (κ1) is 22.2. The van der Waals surface area contributed by atoms with Gasteiger partial charge >= 0.3 is 0 Å². The number of halogens is 1. The maximum atomic E-state index is 13.5. The normalized spacial score (nSPS) is 15.5. The molecule has 4 rings (SSSR count). The Balaban J connectivity index is 1.92. The zero-order valence-electron chi connectivity index (χ0n) is 18.5. The number of fused-ring (bicyclic) bond motifs is 2. The lowest BCUT2D eigenvalue weighted by Gasteiger charge is -2.27. The zero-order valence-corrected chi connectivity index (χ0v) is 19.2. The number of methoxy groups -OCH3 is 1. The molecule has 1 unspecified atom stereocenters. The number of hydrogen-bond donors (Lipinski definition) is 0. The van der Waals surface area contributed by atoms with E-state index in [1.807, 2.05) is 38.1 Å². The van der Waals surface area contributed by atoms with E-state index in [2.05, 4.69) is 0 Å². The fourth-order valence-corrected chi connectivity index (χ4v) is 4.18. The van der Waals surface area contributed by atoms with Crippen molar-refractivity contribution >= 4 is 28.5 Å². The number of carbonyl (C=O) groups is 1. The first-order valence-electron chi connectivity index (χ1n) is 10.4. The maximum Gasteiger partial charge on any atom is 0.290 e. The Morgan fingerprint density at radius 2 is 1.91 bits per heavy atom. The number of hydrogen-bond acceptors (Lipinski definition) is 6. The van der Waals surface area contributed by atoms with E-state index >= 15 is 0 Å². The van der Waals surface area contributed by atoms with Crippen molar-refractivity contribution < 1.29 is 18.7 Å². The van der Waals surface area contributed by atoms with E-state index in [9.17, 15) is 9.59 Å². The van der Waals surface area contributed by atoms with Crippen molar-refractivity contribution in [3.05, 3.63) is 68.5 Å². The molecule has 1 amide bonds. The quantitative estimate of drug-likeness (QED) is 0.536. The van der Waals surface area contributed by atoms with Crippen LogP contribution >= 0.6 is 11.6 Å².